The average Bonchev–Trinajstić information content (AvgIpc) is 2.50. The average molecular weight is 340 g/mol. The van der Waals surface area contributed by atoms with Gasteiger partial charge in [-0.1, -0.05) is 0 Å². The highest BCUT2D eigenvalue weighted by Crippen LogP contribution is 2.25. The Labute approximate surface area is 130 Å². The highest BCUT2D eigenvalue weighted by molar-refractivity contribution is 5.73. The van der Waals surface area contributed by atoms with Gasteiger partial charge in [0.15, 0.2) is 18.7 Å². The maximum Gasteiger partial charge on any atom is 0.335 e. The third-order valence-corrected chi connectivity index (χ3v) is 3.41. The zero-order valence-electron chi connectivity index (χ0n) is 12.0. The van der Waals surface area contributed by atoms with Crippen LogP contribution in [-0.2, 0) is 19.1 Å². The Hall–Kier alpha value is -1.18. The molecule has 9 unspecified atom stereocenters. The number of hydrogen-bond donors (Lipinski definition) is 7. The summed E-state index contributed by atoms with van der Waals surface area (Å²) in [5.74, 6) is -1.65. The van der Waals surface area contributed by atoms with Gasteiger partial charge in [-0.3, -0.25) is 0 Å². The third-order valence-electron chi connectivity index (χ3n) is 3.41. The van der Waals surface area contributed by atoms with E-state index in [2.05, 4.69) is 0 Å². The van der Waals surface area contributed by atoms with E-state index in [0.29, 0.717) is 0 Å². The SMILES string of the molecule is CC(O)C(O)C(OC1OC(C(=O)O)C(O)C(O)C1O)C(O)C=O. The molecule has 0 amide bonds. The van der Waals surface area contributed by atoms with Crippen LogP contribution < -0.4 is 0 Å². The molecule has 7 N–H and O–H groups in total. The second-order valence-electron chi connectivity index (χ2n) is 5.19. The zero-order chi connectivity index (χ0) is 17.9. The lowest BCUT2D eigenvalue weighted by atomic mass is 9.98. The van der Waals surface area contributed by atoms with Gasteiger partial charge in [0.1, 0.15) is 36.6 Å². The summed E-state index contributed by atoms with van der Waals surface area (Å²) in [6, 6.07) is 0. The number of hydrogen-bond acceptors (Lipinski definition) is 10. The molecule has 0 spiro atoms. The van der Waals surface area contributed by atoms with Gasteiger partial charge in [0, 0.05) is 0 Å². The van der Waals surface area contributed by atoms with Crippen molar-refractivity contribution < 1.29 is 54.8 Å². The Morgan fingerprint density at radius 2 is 1.70 bits per heavy atom. The van der Waals surface area contributed by atoms with Crippen molar-refractivity contribution in [1.82, 2.24) is 0 Å². The summed E-state index contributed by atoms with van der Waals surface area (Å²) in [7, 11) is 0. The van der Waals surface area contributed by atoms with Gasteiger partial charge < -0.3 is 50.0 Å². The fraction of sp³-hybridized carbons (Fsp3) is 0.833. The molecule has 0 aromatic heterocycles. The predicted octanol–water partition coefficient (Wildman–Crippen LogP) is -4.43. The van der Waals surface area contributed by atoms with Gasteiger partial charge in [-0.15, -0.1) is 0 Å². The van der Waals surface area contributed by atoms with Gasteiger partial charge in [-0.05, 0) is 6.92 Å². The number of carbonyl (C=O) groups is 2. The second-order valence-corrected chi connectivity index (χ2v) is 5.19. The van der Waals surface area contributed by atoms with Crippen LogP contribution in [0.25, 0.3) is 0 Å². The van der Waals surface area contributed by atoms with Crippen molar-refractivity contribution in [3.05, 3.63) is 0 Å². The molecule has 134 valence electrons. The smallest absolute Gasteiger partial charge is 0.335 e. The molecule has 1 fully saturated rings. The molecular formula is C12H20O11. The summed E-state index contributed by atoms with van der Waals surface area (Å²) in [4.78, 5) is 21.6. The second kappa shape index (κ2) is 8.08. The molecule has 0 saturated carbocycles. The molecule has 23 heavy (non-hydrogen) atoms. The summed E-state index contributed by atoms with van der Waals surface area (Å²) in [6.45, 7) is 1.13. The van der Waals surface area contributed by atoms with Gasteiger partial charge >= 0.3 is 5.97 Å². The van der Waals surface area contributed by atoms with Crippen molar-refractivity contribution in [2.75, 3.05) is 0 Å². The highest BCUT2D eigenvalue weighted by atomic mass is 16.7. The summed E-state index contributed by atoms with van der Waals surface area (Å²) >= 11 is 0. The first-order valence-corrected chi connectivity index (χ1v) is 6.69. The lowest BCUT2D eigenvalue weighted by molar-refractivity contribution is -0.317. The normalized spacial score (nSPS) is 36.7. The van der Waals surface area contributed by atoms with Crippen LogP contribution in [0.5, 0.6) is 0 Å². The maximum atomic E-state index is 11.0. The monoisotopic (exact) mass is 340 g/mol. The van der Waals surface area contributed by atoms with Crippen LogP contribution in [0.3, 0.4) is 0 Å². The molecule has 1 heterocycles. The van der Waals surface area contributed by atoms with E-state index in [9.17, 15) is 40.2 Å². The number of aliphatic hydroxyl groups excluding tert-OH is 6. The molecule has 0 aromatic rings. The van der Waals surface area contributed by atoms with E-state index in [0.717, 1.165) is 6.92 Å². The van der Waals surface area contributed by atoms with Crippen molar-refractivity contribution >= 4 is 12.3 Å². The number of carboxylic acid groups (broad SMARTS) is 1. The summed E-state index contributed by atoms with van der Waals surface area (Å²) in [6.07, 6.45) is -16.6. The Kier molecular flexibility index (Phi) is 6.98. The van der Waals surface area contributed by atoms with E-state index in [-0.39, 0.29) is 6.29 Å². The summed E-state index contributed by atoms with van der Waals surface area (Å²) < 4.78 is 9.78. The van der Waals surface area contributed by atoms with Crippen molar-refractivity contribution in [3.63, 3.8) is 0 Å². The van der Waals surface area contributed by atoms with Crippen LogP contribution in [0.1, 0.15) is 6.92 Å². The van der Waals surface area contributed by atoms with Crippen molar-refractivity contribution in [3.8, 4) is 0 Å². The van der Waals surface area contributed by atoms with Gasteiger partial charge in [0.25, 0.3) is 0 Å². The van der Waals surface area contributed by atoms with E-state index < -0.39 is 61.1 Å². The molecule has 0 aliphatic carbocycles. The first-order chi connectivity index (χ1) is 10.6. The molecule has 1 aliphatic heterocycles. The summed E-state index contributed by atoms with van der Waals surface area (Å²) in [5.41, 5.74) is 0. The van der Waals surface area contributed by atoms with Crippen LogP contribution in [0, 0.1) is 0 Å². The number of aliphatic hydroxyl groups is 6. The molecule has 1 rings (SSSR count). The van der Waals surface area contributed by atoms with Gasteiger partial charge in [-0.25, -0.2) is 4.79 Å². The molecule has 0 aromatic carbocycles. The fourth-order valence-electron chi connectivity index (χ4n) is 2.03. The molecular weight excluding hydrogens is 320 g/mol. The molecule has 1 aliphatic rings. The first-order valence-electron chi connectivity index (χ1n) is 6.69. The van der Waals surface area contributed by atoms with Crippen LogP contribution in [0.15, 0.2) is 0 Å². The summed E-state index contributed by atoms with van der Waals surface area (Å²) in [5, 5.41) is 66.4. The van der Waals surface area contributed by atoms with Crippen LogP contribution in [0.2, 0.25) is 0 Å². The van der Waals surface area contributed by atoms with E-state index >= 15 is 0 Å². The number of aliphatic carboxylic acids is 1. The predicted molar refractivity (Wildman–Crippen MR) is 68.9 cm³/mol. The minimum atomic E-state index is -1.95. The van der Waals surface area contributed by atoms with Crippen molar-refractivity contribution in [1.29, 1.82) is 0 Å². The minimum Gasteiger partial charge on any atom is -0.479 e. The zero-order valence-corrected chi connectivity index (χ0v) is 12.0. The Balaban J connectivity index is 2.97. The number of carboxylic acids is 1. The number of ether oxygens (including phenoxy) is 2. The number of carbonyl (C=O) groups excluding carboxylic acids is 1. The van der Waals surface area contributed by atoms with Crippen LogP contribution in [0.4, 0.5) is 0 Å². The third kappa shape index (κ3) is 4.43. The van der Waals surface area contributed by atoms with E-state index in [1.165, 1.54) is 0 Å². The topological polar surface area (TPSA) is 194 Å². The largest absolute Gasteiger partial charge is 0.479 e. The van der Waals surface area contributed by atoms with Gasteiger partial charge in [0.2, 0.25) is 0 Å². The maximum absolute atomic E-state index is 11.0. The Morgan fingerprint density at radius 3 is 2.13 bits per heavy atom. The number of rotatable bonds is 7. The van der Waals surface area contributed by atoms with Crippen LogP contribution >= 0.6 is 0 Å². The lowest BCUT2D eigenvalue weighted by Crippen LogP contribution is -2.62. The van der Waals surface area contributed by atoms with Gasteiger partial charge in [-0.2, -0.15) is 0 Å². The lowest BCUT2D eigenvalue weighted by Gasteiger charge is -2.40. The Morgan fingerprint density at radius 1 is 1.13 bits per heavy atom. The molecule has 11 heteroatoms. The molecule has 0 bridgehead atoms. The Bertz CT molecular complexity index is 414. The van der Waals surface area contributed by atoms with Crippen molar-refractivity contribution in [2.24, 2.45) is 0 Å². The van der Waals surface area contributed by atoms with E-state index in [4.69, 9.17) is 14.6 Å². The molecule has 1 saturated heterocycles. The first kappa shape index (κ1) is 19.9. The quantitative estimate of drug-likeness (QED) is 0.221. The number of aldehydes is 1. The molecule has 11 nitrogen and oxygen atoms in total. The van der Waals surface area contributed by atoms with E-state index in [1.54, 1.807) is 0 Å². The van der Waals surface area contributed by atoms with E-state index in [1.807, 2.05) is 0 Å². The fourth-order valence-corrected chi connectivity index (χ4v) is 2.03. The van der Waals surface area contributed by atoms with Crippen molar-refractivity contribution in [2.45, 2.75) is 62.0 Å². The van der Waals surface area contributed by atoms with Gasteiger partial charge in [0.05, 0.1) is 6.10 Å². The van der Waals surface area contributed by atoms with Crippen LogP contribution in [-0.4, -0.2) is 103 Å². The standard InChI is InChI=1S/C12H20O11/c1-3(14)5(16)9(4(15)2-13)22-12-8(19)6(17)7(18)10(23-12)11(20)21/h2-10,12,14-19H,1H3,(H,20,21). The minimum absolute atomic E-state index is 0.00850. The highest BCUT2D eigenvalue weighted by Gasteiger charge is 2.49. The molecule has 9 atom stereocenters. The molecule has 0 radical (unpaired) electrons.